The highest BCUT2D eigenvalue weighted by molar-refractivity contribution is 5.98. The van der Waals surface area contributed by atoms with Gasteiger partial charge < -0.3 is 14.8 Å². The van der Waals surface area contributed by atoms with Crippen LogP contribution in [0, 0.1) is 0 Å². The average Bonchev–Trinajstić information content (AvgIpc) is 3.27. The van der Waals surface area contributed by atoms with E-state index in [0.717, 1.165) is 42.5 Å². The Morgan fingerprint density at radius 2 is 1.95 bits per heavy atom. The highest BCUT2D eigenvalue weighted by Gasteiger charge is 2.31. The van der Waals surface area contributed by atoms with Crippen LogP contribution in [0.4, 0.5) is 0 Å². The smallest absolute Gasteiger partial charge is 0.270 e. The van der Waals surface area contributed by atoms with Gasteiger partial charge in [-0.15, -0.1) is 0 Å². The maximum absolute atomic E-state index is 12.9. The van der Waals surface area contributed by atoms with Crippen LogP contribution in [0.5, 0.6) is 0 Å². The molecule has 116 valence electrons. The molecule has 2 aliphatic heterocycles. The molecule has 0 radical (unpaired) electrons. The number of aromatic amines is 1. The summed E-state index contributed by atoms with van der Waals surface area (Å²) < 4.78 is 0. The van der Waals surface area contributed by atoms with Crippen molar-refractivity contribution in [3.8, 4) is 0 Å². The number of hydrogen-bond acceptors (Lipinski definition) is 2. The summed E-state index contributed by atoms with van der Waals surface area (Å²) in [6.07, 6.45) is 4.89. The molecule has 0 aliphatic carbocycles. The fourth-order valence-corrected chi connectivity index (χ4v) is 3.90. The van der Waals surface area contributed by atoms with Crippen LogP contribution in [-0.4, -0.2) is 52.9 Å². The van der Waals surface area contributed by atoms with Crippen LogP contribution in [-0.2, 0) is 0 Å². The van der Waals surface area contributed by atoms with Crippen molar-refractivity contribution in [1.82, 2.24) is 14.8 Å². The van der Waals surface area contributed by atoms with Crippen LogP contribution in [0.2, 0.25) is 0 Å². The van der Waals surface area contributed by atoms with E-state index in [0.29, 0.717) is 6.04 Å². The van der Waals surface area contributed by atoms with Crippen molar-refractivity contribution in [3.05, 3.63) is 36.0 Å². The zero-order valence-electron chi connectivity index (χ0n) is 12.9. The molecule has 2 aromatic rings. The molecule has 1 N–H and O–H groups in total. The van der Waals surface area contributed by atoms with E-state index in [2.05, 4.69) is 14.8 Å². The van der Waals surface area contributed by atoms with E-state index in [4.69, 9.17) is 0 Å². The molecular formula is C18H23N3O. The van der Waals surface area contributed by atoms with E-state index < -0.39 is 0 Å². The molecule has 0 bridgehead atoms. The maximum Gasteiger partial charge on any atom is 0.270 e. The Balaban J connectivity index is 1.52. The van der Waals surface area contributed by atoms with Crippen LogP contribution in [0.15, 0.2) is 30.3 Å². The molecule has 2 saturated heterocycles. The number of aromatic nitrogens is 1. The Hall–Kier alpha value is -1.81. The van der Waals surface area contributed by atoms with Gasteiger partial charge in [0.1, 0.15) is 5.69 Å². The van der Waals surface area contributed by atoms with Gasteiger partial charge in [-0.2, -0.15) is 0 Å². The van der Waals surface area contributed by atoms with Gasteiger partial charge in [0.05, 0.1) is 0 Å². The summed E-state index contributed by atoms with van der Waals surface area (Å²) in [7, 11) is 0. The third-order valence-corrected chi connectivity index (χ3v) is 5.07. The standard InChI is InChI=1S/C18H23N3O/c22-18(17-12-14-6-1-2-8-16(14)19-17)21-11-5-7-15(21)13-20-9-3-4-10-20/h1-2,6,8,12,15,19H,3-5,7,9-11,13H2/t15-/m1/s1. The summed E-state index contributed by atoms with van der Waals surface area (Å²) in [5.74, 6) is 0.165. The van der Waals surface area contributed by atoms with Gasteiger partial charge in [-0.25, -0.2) is 0 Å². The zero-order valence-corrected chi connectivity index (χ0v) is 12.9. The number of nitrogens with one attached hydrogen (secondary N) is 1. The number of carbonyl (C=O) groups excluding carboxylic acids is 1. The summed E-state index contributed by atoms with van der Waals surface area (Å²) in [6.45, 7) is 4.34. The topological polar surface area (TPSA) is 39.3 Å². The van der Waals surface area contributed by atoms with Crippen LogP contribution < -0.4 is 0 Å². The van der Waals surface area contributed by atoms with Crippen molar-refractivity contribution in [3.63, 3.8) is 0 Å². The third kappa shape index (κ3) is 2.52. The molecule has 1 atom stereocenters. The summed E-state index contributed by atoms with van der Waals surface area (Å²) in [4.78, 5) is 20.8. The monoisotopic (exact) mass is 297 g/mol. The van der Waals surface area contributed by atoms with Crippen molar-refractivity contribution >= 4 is 16.8 Å². The second kappa shape index (κ2) is 5.76. The number of likely N-dealkylation sites (tertiary alicyclic amines) is 2. The molecule has 2 aliphatic rings. The molecular weight excluding hydrogens is 274 g/mol. The quantitative estimate of drug-likeness (QED) is 0.946. The van der Waals surface area contributed by atoms with Crippen molar-refractivity contribution in [1.29, 1.82) is 0 Å². The Morgan fingerprint density at radius 1 is 1.14 bits per heavy atom. The van der Waals surface area contributed by atoms with Gasteiger partial charge in [-0.3, -0.25) is 4.79 Å². The lowest BCUT2D eigenvalue weighted by Crippen LogP contribution is -2.42. The first-order valence-electron chi connectivity index (χ1n) is 8.42. The predicted molar refractivity (Wildman–Crippen MR) is 88.0 cm³/mol. The molecule has 0 saturated carbocycles. The number of hydrogen-bond donors (Lipinski definition) is 1. The molecule has 3 heterocycles. The zero-order chi connectivity index (χ0) is 14.9. The number of nitrogens with zero attached hydrogens (tertiary/aromatic N) is 2. The molecule has 22 heavy (non-hydrogen) atoms. The van der Waals surface area contributed by atoms with Crippen molar-refractivity contribution in [2.75, 3.05) is 26.2 Å². The van der Waals surface area contributed by atoms with E-state index in [1.807, 2.05) is 30.3 Å². The summed E-state index contributed by atoms with van der Waals surface area (Å²) in [5, 5.41) is 1.11. The minimum atomic E-state index is 0.165. The fraction of sp³-hybridized carbons (Fsp3) is 0.500. The number of carbonyl (C=O) groups is 1. The number of amides is 1. The molecule has 2 fully saturated rings. The van der Waals surface area contributed by atoms with E-state index in [9.17, 15) is 4.79 Å². The second-order valence-electron chi connectivity index (χ2n) is 6.57. The Morgan fingerprint density at radius 3 is 2.77 bits per heavy atom. The third-order valence-electron chi connectivity index (χ3n) is 5.07. The van der Waals surface area contributed by atoms with Gasteiger partial charge in [0, 0.05) is 30.0 Å². The highest BCUT2D eigenvalue weighted by Crippen LogP contribution is 2.24. The average molecular weight is 297 g/mol. The van der Waals surface area contributed by atoms with Crippen LogP contribution in [0.25, 0.3) is 10.9 Å². The second-order valence-corrected chi connectivity index (χ2v) is 6.57. The first kappa shape index (κ1) is 13.8. The lowest BCUT2D eigenvalue weighted by atomic mass is 10.2. The largest absolute Gasteiger partial charge is 0.351 e. The van der Waals surface area contributed by atoms with Crippen molar-refractivity contribution in [2.45, 2.75) is 31.7 Å². The minimum absolute atomic E-state index is 0.165. The lowest BCUT2D eigenvalue weighted by Gasteiger charge is -2.28. The maximum atomic E-state index is 12.9. The molecule has 1 aromatic carbocycles. The number of H-pyrrole nitrogens is 1. The van der Waals surface area contributed by atoms with Crippen molar-refractivity contribution in [2.24, 2.45) is 0 Å². The Labute approximate surface area is 131 Å². The van der Waals surface area contributed by atoms with Crippen molar-refractivity contribution < 1.29 is 4.79 Å². The van der Waals surface area contributed by atoms with Gasteiger partial charge in [0.2, 0.25) is 0 Å². The van der Waals surface area contributed by atoms with Crippen LogP contribution in [0.3, 0.4) is 0 Å². The van der Waals surface area contributed by atoms with E-state index >= 15 is 0 Å². The van der Waals surface area contributed by atoms with Gasteiger partial charge in [0.15, 0.2) is 0 Å². The number of benzene rings is 1. The first-order chi connectivity index (χ1) is 10.8. The molecule has 4 rings (SSSR count). The SMILES string of the molecule is O=C(c1cc2ccccc2[nH]1)N1CCC[C@@H]1CN1CCCC1. The van der Waals surface area contributed by atoms with Gasteiger partial charge in [-0.1, -0.05) is 18.2 Å². The molecule has 0 spiro atoms. The van der Waals surface area contributed by atoms with Crippen LogP contribution in [0.1, 0.15) is 36.2 Å². The summed E-state index contributed by atoms with van der Waals surface area (Å²) >= 11 is 0. The predicted octanol–water partition coefficient (Wildman–Crippen LogP) is 2.87. The highest BCUT2D eigenvalue weighted by atomic mass is 16.2. The Bertz CT molecular complexity index is 639. The van der Waals surface area contributed by atoms with Crippen LogP contribution >= 0.6 is 0 Å². The lowest BCUT2D eigenvalue weighted by molar-refractivity contribution is 0.0704. The number of rotatable bonds is 3. The minimum Gasteiger partial charge on any atom is -0.351 e. The normalized spacial score (nSPS) is 22.7. The molecule has 4 heteroatoms. The van der Waals surface area contributed by atoms with Gasteiger partial charge >= 0.3 is 0 Å². The summed E-state index contributed by atoms with van der Waals surface area (Å²) in [5.41, 5.74) is 1.77. The molecule has 0 unspecified atom stereocenters. The van der Waals surface area contributed by atoms with E-state index in [1.165, 1.54) is 25.9 Å². The Kier molecular flexibility index (Phi) is 3.62. The molecule has 1 aromatic heterocycles. The number of para-hydroxylation sites is 1. The van der Waals surface area contributed by atoms with E-state index in [-0.39, 0.29) is 5.91 Å². The van der Waals surface area contributed by atoms with E-state index in [1.54, 1.807) is 0 Å². The van der Waals surface area contributed by atoms with Gasteiger partial charge in [0.25, 0.3) is 5.91 Å². The molecule has 4 nitrogen and oxygen atoms in total. The first-order valence-corrected chi connectivity index (χ1v) is 8.42. The van der Waals surface area contributed by atoms with Gasteiger partial charge in [-0.05, 0) is 50.9 Å². The number of fused-ring (bicyclic) bond motifs is 1. The molecule has 1 amide bonds. The summed E-state index contributed by atoms with van der Waals surface area (Å²) in [6, 6.07) is 10.5. The fourth-order valence-electron chi connectivity index (χ4n) is 3.90.